The molecule has 21 heavy (non-hydrogen) atoms. The average molecular weight is 289 g/mol. The van der Waals surface area contributed by atoms with Gasteiger partial charge in [-0.2, -0.15) is 0 Å². The van der Waals surface area contributed by atoms with Crippen LogP contribution in [0.3, 0.4) is 0 Å². The number of benzene rings is 1. The summed E-state index contributed by atoms with van der Waals surface area (Å²) in [6.07, 6.45) is 4.51. The molecule has 0 radical (unpaired) electrons. The highest BCUT2D eigenvalue weighted by Crippen LogP contribution is 2.26. The smallest absolute Gasteiger partial charge is 0.337 e. The number of ether oxygens (including phenoxy) is 1. The number of esters is 1. The number of carbonyl (C=O) groups is 1. The molecule has 0 bridgehead atoms. The second kappa shape index (κ2) is 6.30. The van der Waals surface area contributed by atoms with Crippen molar-refractivity contribution < 1.29 is 13.9 Å². The van der Waals surface area contributed by atoms with E-state index in [1.807, 2.05) is 0 Å². The zero-order valence-electron chi connectivity index (χ0n) is 11.8. The predicted octanol–water partition coefficient (Wildman–Crippen LogP) is 2.51. The minimum absolute atomic E-state index is 0.250. The van der Waals surface area contributed by atoms with E-state index >= 15 is 0 Å². The minimum Gasteiger partial charge on any atom is -0.464 e. The first kappa shape index (κ1) is 14.9. The first-order chi connectivity index (χ1) is 10.1. The van der Waals surface area contributed by atoms with Crippen LogP contribution in [0.1, 0.15) is 19.5 Å². The fourth-order valence-corrected chi connectivity index (χ4v) is 1.87. The van der Waals surface area contributed by atoms with Gasteiger partial charge < -0.3 is 10.1 Å². The molecule has 0 saturated carbocycles. The molecule has 1 aromatic heterocycles. The van der Waals surface area contributed by atoms with Gasteiger partial charge >= 0.3 is 5.97 Å². The van der Waals surface area contributed by atoms with Crippen molar-refractivity contribution in [1.29, 1.82) is 0 Å². The van der Waals surface area contributed by atoms with Crippen LogP contribution in [-0.4, -0.2) is 22.5 Å². The van der Waals surface area contributed by atoms with E-state index in [1.54, 1.807) is 26.0 Å². The third kappa shape index (κ3) is 3.34. The lowest BCUT2D eigenvalue weighted by molar-refractivity contribution is -0.148. The fraction of sp³-hybridized carbons (Fsp3) is 0.267. The summed E-state index contributed by atoms with van der Waals surface area (Å²) in [6.45, 7) is 3.63. The molecule has 1 unspecified atom stereocenters. The monoisotopic (exact) mass is 289 g/mol. The van der Waals surface area contributed by atoms with Crippen LogP contribution in [0.4, 0.5) is 10.1 Å². The van der Waals surface area contributed by atoms with Gasteiger partial charge in [0.15, 0.2) is 5.54 Å². The number of nitrogens with one attached hydrogen (secondary N) is 1. The molecule has 1 heterocycles. The molecule has 0 spiro atoms. The van der Waals surface area contributed by atoms with Crippen LogP contribution in [0.5, 0.6) is 0 Å². The number of anilines is 1. The van der Waals surface area contributed by atoms with Gasteiger partial charge in [0.1, 0.15) is 5.82 Å². The molecule has 110 valence electrons. The van der Waals surface area contributed by atoms with E-state index in [9.17, 15) is 9.18 Å². The topological polar surface area (TPSA) is 64.1 Å². The van der Waals surface area contributed by atoms with Crippen LogP contribution < -0.4 is 5.32 Å². The second-order valence-electron chi connectivity index (χ2n) is 4.57. The maximum Gasteiger partial charge on any atom is 0.337 e. The maximum absolute atomic E-state index is 13.0. The summed E-state index contributed by atoms with van der Waals surface area (Å²) >= 11 is 0. The Morgan fingerprint density at radius 3 is 2.62 bits per heavy atom. The van der Waals surface area contributed by atoms with Crippen molar-refractivity contribution in [2.45, 2.75) is 19.4 Å². The van der Waals surface area contributed by atoms with Gasteiger partial charge in [0, 0.05) is 18.1 Å². The Morgan fingerprint density at radius 2 is 2.05 bits per heavy atom. The lowest BCUT2D eigenvalue weighted by Gasteiger charge is -2.28. The molecule has 0 aliphatic rings. The van der Waals surface area contributed by atoms with E-state index in [0.29, 0.717) is 11.4 Å². The number of aromatic nitrogens is 2. The van der Waals surface area contributed by atoms with E-state index in [0.717, 1.165) is 0 Å². The van der Waals surface area contributed by atoms with Gasteiger partial charge in [-0.25, -0.2) is 9.18 Å². The lowest BCUT2D eigenvalue weighted by atomic mass is 9.97. The summed E-state index contributed by atoms with van der Waals surface area (Å²) in [5, 5.41) is 3.04. The summed E-state index contributed by atoms with van der Waals surface area (Å²) in [4.78, 5) is 20.5. The largest absolute Gasteiger partial charge is 0.464 e. The van der Waals surface area contributed by atoms with E-state index < -0.39 is 11.5 Å². The molecule has 2 rings (SSSR count). The molecule has 0 fully saturated rings. The molecular weight excluding hydrogens is 273 g/mol. The van der Waals surface area contributed by atoms with Crippen molar-refractivity contribution in [3.63, 3.8) is 0 Å². The molecule has 0 aliphatic heterocycles. The van der Waals surface area contributed by atoms with E-state index in [1.165, 1.54) is 30.7 Å². The van der Waals surface area contributed by atoms with Gasteiger partial charge in [0.05, 0.1) is 18.5 Å². The van der Waals surface area contributed by atoms with Crippen molar-refractivity contribution in [2.75, 3.05) is 11.9 Å². The summed E-state index contributed by atoms with van der Waals surface area (Å²) in [5.74, 6) is -0.826. The Morgan fingerprint density at radius 1 is 1.33 bits per heavy atom. The number of carbonyl (C=O) groups excluding carboxylic acids is 1. The number of rotatable bonds is 5. The Bertz CT molecular complexity index is 604. The van der Waals surface area contributed by atoms with Crippen LogP contribution in [0.15, 0.2) is 42.9 Å². The molecule has 5 nitrogen and oxygen atoms in total. The zero-order chi connectivity index (χ0) is 15.3. The first-order valence-corrected chi connectivity index (χ1v) is 6.53. The number of hydrogen-bond acceptors (Lipinski definition) is 5. The molecule has 2 aromatic rings. The summed E-state index contributed by atoms with van der Waals surface area (Å²) in [5.41, 5.74) is -0.201. The molecule has 0 saturated heterocycles. The minimum atomic E-state index is -1.21. The molecule has 0 amide bonds. The van der Waals surface area contributed by atoms with E-state index in [2.05, 4.69) is 15.3 Å². The zero-order valence-corrected chi connectivity index (χ0v) is 11.8. The molecule has 1 aromatic carbocycles. The molecular formula is C15H16FN3O2. The van der Waals surface area contributed by atoms with Crippen LogP contribution in [-0.2, 0) is 15.1 Å². The van der Waals surface area contributed by atoms with Gasteiger partial charge in [0.2, 0.25) is 0 Å². The number of nitrogens with zero attached hydrogens (tertiary/aromatic N) is 2. The first-order valence-electron chi connectivity index (χ1n) is 6.53. The average Bonchev–Trinajstić information content (AvgIpc) is 2.50. The standard InChI is InChI=1S/C15H16FN3O2/c1-3-21-14(20)15(2,13-10-17-8-9-18-13)19-12-6-4-11(16)5-7-12/h4-10,19H,3H2,1-2H3. The van der Waals surface area contributed by atoms with Crippen molar-refractivity contribution in [3.05, 3.63) is 54.4 Å². The second-order valence-corrected chi connectivity index (χ2v) is 4.57. The van der Waals surface area contributed by atoms with Crippen molar-refractivity contribution in [3.8, 4) is 0 Å². The van der Waals surface area contributed by atoms with Gasteiger partial charge in [0.25, 0.3) is 0 Å². The number of halogens is 1. The van der Waals surface area contributed by atoms with Gasteiger partial charge in [-0.05, 0) is 38.1 Å². The molecule has 1 N–H and O–H groups in total. The maximum atomic E-state index is 13.0. The Balaban J connectivity index is 2.36. The van der Waals surface area contributed by atoms with E-state index in [-0.39, 0.29) is 12.4 Å². The normalized spacial score (nSPS) is 13.3. The SMILES string of the molecule is CCOC(=O)C(C)(Nc1ccc(F)cc1)c1cnccn1. The third-order valence-electron chi connectivity index (χ3n) is 3.00. The fourth-order valence-electron chi connectivity index (χ4n) is 1.87. The summed E-state index contributed by atoms with van der Waals surface area (Å²) in [7, 11) is 0. The quantitative estimate of drug-likeness (QED) is 0.857. The van der Waals surface area contributed by atoms with Gasteiger partial charge in [-0.15, -0.1) is 0 Å². The van der Waals surface area contributed by atoms with E-state index in [4.69, 9.17) is 4.74 Å². The van der Waals surface area contributed by atoms with Crippen LogP contribution >= 0.6 is 0 Å². The molecule has 1 atom stereocenters. The summed E-state index contributed by atoms with van der Waals surface area (Å²) < 4.78 is 18.1. The van der Waals surface area contributed by atoms with Crippen LogP contribution in [0.25, 0.3) is 0 Å². The lowest BCUT2D eigenvalue weighted by Crippen LogP contribution is -2.42. The Labute approximate surface area is 122 Å². The van der Waals surface area contributed by atoms with Crippen LogP contribution in [0, 0.1) is 5.82 Å². The van der Waals surface area contributed by atoms with Gasteiger partial charge in [-0.3, -0.25) is 9.97 Å². The van der Waals surface area contributed by atoms with Gasteiger partial charge in [-0.1, -0.05) is 0 Å². The molecule has 0 aliphatic carbocycles. The molecule has 6 heteroatoms. The Kier molecular flexibility index (Phi) is 4.47. The van der Waals surface area contributed by atoms with Crippen LogP contribution in [0.2, 0.25) is 0 Å². The highest BCUT2D eigenvalue weighted by atomic mass is 19.1. The predicted molar refractivity (Wildman–Crippen MR) is 76.0 cm³/mol. The van der Waals surface area contributed by atoms with Crippen molar-refractivity contribution in [1.82, 2.24) is 9.97 Å². The summed E-state index contributed by atoms with van der Waals surface area (Å²) in [6, 6.07) is 5.71. The van der Waals surface area contributed by atoms with Crippen molar-refractivity contribution >= 4 is 11.7 Å². The number of hydrogen-bond donors (Lipinski definition) is 1. The third-order valence-corrected chi connectivity index (χ3v) is 3.00. The highest BCUT2D eigenvalue weighted by molar-refractivity contribution is 5.85. The highest BCUT2D eigenvalue weighted by Gasteiger charge is 2.38. The van der Waals surface area contributed by atoms with Crippen molar-refractivity contribution in [2.24, 2.45) is 0 Å². The Hall–Kier alpha value is -2.50.